The van der Waals surface area contributed by atoms with Crippen molar-refractivity contribution in [3.63, 3.8) is 0 Å². The number of rotatable bonds is 7. The number of methoxy groups -OCH3 is 1. The Kier molecular flexibility index (Phi) is 9.03. The minimum absolute atomic E-state index is 0.286. The minimum atomic E-state index is 0.286. The number of hydrogen-bond donors (Lipinski definition) is 2. The van der Waals surface area contributed by atoms with Crippen LogP contribution in [-0.2, 0) is 4.74 Å². The summed E-state index contributed by atoms with van der Waals surface area (Å²) in [6.45, 7) is 10.1. The van der Waals surface area contributed by atoms with Gasteiger partial charge in [-0.15, -0.1) is 0 Å². The molecular weight excluding hydrogens is 364 g/mol. The lowest BCUT2D eigenvalue weighted by atomic mass is 9.84. The summed E-state index contributed by atoms with van der Waals surface area (Å²) in [5.74, 6) is 0.982. The Morgan fingerprint density at radius 1 is 1.03 bits per heavy atom. The van der Waals surface area contributed by atoms with E-state index in [2.05, 4.69) is 37.4 Å². The summed E-state index contributed by atoms with van der Waals surface area (Å²) in [5.41, 5.74) is 0.286. The van der Waals surface area contributed by atoms with Crippen LogP contribution in [0.3, 0.4) is 0 Å². The van der Waals surface area contributed by atoms with Crippen molar-refractivity contribution in [2.45, 2.75) is 56.5 Å². The van der Waals surface area contributed by atoms with Crippen molar-refractivity contribution in [1.29, 1.82) is 0 Å². The van der Waals surface area contributed by atoms with Crippen molar-refractivity contribution < 1.29 is 4.74 Å². The highest BCUT2D eigenvalue weighted by atomic mass is 16.5. The van der Waals surface area contributed by atoms with Gasteiger partial charge in [0, 0.05) is 51.9 Å². The zero-order valence-electron chi connectivity index (χ0n) is 19.1. The zero-order valence-corrected chi connectivity index (χ0v) is 19.1. The number of aliphatic imine (C=N–C) groups is 1. The second kappa shape index (κ2) is 11.5. The first-order valence-electron chi connectivity index (χ1n) is 11.8. The molecule has 0 unspecified atom stereocenters. The fourth-order valence-electron chi connectivity index (χ4n) is 5.17. The van der Waals surface area contributed by atoms with Gasteiger partial charge in [-0.2, -0.15) is 0 Å². The molecule has 0 spiro atoms. The Balaban J connectivity index is 1.50. The predicted molar refractivity (Wildman–Crippen MR) is 121 cm³/mol. The van der Waals surface area contributed by atoms with E-state index in [0.29, 0.717) is 6.04 Å². The lowest BCUT2D eigenvalue weighted by molar-refractivity contribution is 0.0172. The topological polar surface area (TPSA) is 55.4 Å². The van der Waals surface area contributed by atoms with Crippen LogP contribution < -0.4 is 10.6 Å². The van der Waals surface area contributed by atoms with E-state index in [0.717, 1.165) is 38.7 Å². The van der Waals surface area contributed by atoms with Crippen molar-refractivity contribution in [2.24, 2.45) is 4.99 Å². The van der Waals surface area contributed by atoms with Gasteiger partial charge in [-0.3, -0.25) is 9.89 Å². The average Bonchev–Trinajstić information content (AvgIpc) is 2.78. The highest BCUT2D eigenvalue weighted by molar-refractivity contribution is 5.80. The molecule has 0 saturated carbocycles. The molecule has 3 saturated heterocycles. The van der Waals surface area contributed by atoms with Crippen LogP contribution in [0.4, 0.5) is 0 Å². The Labute approximate surface area is 178 Å². The summed E-state index contributed by atoms with van der Waals surface area (Å²) in [7, 11) is 5.95. The van der Waals surface area contributed by atoms with Gasteiger partial charge < -0.3 is 25.2 Å². The first-order chi connectivity index (χ1) is 14.1. The molecule has 3 rings (SSSR count). The average molecular weight is 409 g/mol. The van der Waals surface area contributed by atoms with Crippen LogP contribution in [0, 0.1) is 0 Å². The summed E-state index contributed by atoms with van der Waals surface area (Å²) < 4.78 is 5.22. The van der Waals surface area contributed by atoms with Crippen LogP contribution in [0.2, 0.25) is 0 Å². The maximum absolute atomic E-state index is 5.22. The normalized spacial score (nSPS) is 25.8. The molecular formula is C22H44N6O. The first-order valence-corrected chi connectivity index (χ1v) is 11.8. The fourth-order valence-corrected chi connectivity index (χ4v) is 5.17. The van der Waals surface area contributed by atoms with E-state index in [-0.39, 0.29) is 5.54 Å². The Bertz CT molecular complexity index is 492. The van der Waals surface area contributed by atoms with Crippen molar-refractivity contribution in [3.8, 4) is 0 Å². The van der Waals surface area contributed by atoms with Crippen molar-refractivity contribution in [1.82, 2.24) is 25.3 Å². The number of hydrogen-bond acceptors (Lipinski definition) is 5. The van der Waals surface area contributed by atoms with Gasteiger partial charge in [-0.1, -0.05) is 6.42 Å². The molecule has 0 aromatic carbocycles. The Hall–Kier alpha value is -0.890. The molecule has 0 bridgehead atoms. The zero-order chi connectivity index (χ0) is 20.5. The van der Waals surface area contributed by atoms with E-state index in [1.54, 1.807) is 7.11 Å². The SMILES string of the molecule is CN=C(NCC1(N2CCCCC2)CCN(C)CC1)NC1CCN(CCOC)CC1. The third-order valence-electron chi connectivity index (χ3n) is 7.29. The molecule has 0 amide bonds. The second-order valence-electron chi connectivity index (χ2n) is 9.25. The van der Waals surface area contributed by atoms with E-state index < -0.39 is 0 Å². The molecule has 3 aliphatic rings. The predicted octanol–water partition coefficient (Wildman–Crippen LogP) is 1.21. The van der Waals surface area contributed by atoms with Crippen LogP contribution >= 0.6 is 0 Å². The lowest BCUT2D eigenvalue weighted by Crippen LogP contribution is -2.62. The molecule has 3 heterocycles. The molecule has 0 radical (unpaired) electrons. The maximum Gasteiger partial charge on any atom is 0.191 e. The number of guanidine groups is 1. The van der Waals surface area contributed by atoms with Gasteiger partial charge in [0.1, 0.15) is 0 Å². The summed E-state index contributed by atoms with van der Waals surface area (Å²) in [6, 6.07) is 0.517. The van der Waals surface area contributed by atoms with Gasteiger partial charge in [0.15, 0.2) is 5.96 Å². The highest BCUT2D eigenvalue weighted by Crippen LogP contribution is 2.30. The van der Waals surface area contributed by atoms with Crippen molar-refractivity contribution in [3.05, 3.63) is 0 Å². The van der Waals surface area contributed by atoms with Crippen molar-refractivity contribution in [2.75, 3.05) is 80.2 Å². The van der Waals surface area contributed by atoms with Crippen LogP contribution in [0.15, 0.2) is 4.99 Å². The van der Waals surface area contributed by atoms with Crippen LogP contribution in [0.25, 0.3) is 0 Å². The molecule has 0 aromatic rings. The quantitative estimate of drug-likeness (QED) is 0.488. The van der Waals surface area contributed by atoms with Gasteiger partial charge in [0.2, 0.25) is 0 Å². The molecule has 29 heavy (non-hydrogen) atoms. The molecule has 168 valence electrons. The second-order valence-corrected chi connectivity index (χ2v) is 9.25. The van der Waals surface area contributed by atoms with Crippen LogP contribution in [0.1, 0.15) is 44.9 Å². The molecule has 0 atom stereocenters. The van der Waals surface area contributed by atoms with Gasteiger partial charge in [-0.05, 0) is 71.8 Å². The summed E-state index contributed by atoms with van der Waals surface area (Å²) in [6.07, 6.45) is 8.96. The molecule has 2 N–H and O–H groups in total. The molecule has 7 heteroatoms. The summed E-state index contributed by atoms with van der Waals surface area (Å²) >= 11 is 0. The molecule has 7 nitrogen and oxygen atoms in total. The summed E-state index contributed by atoms with van der Waals surface area (Å²) in [5, 5.41) is 7.43. The molecule has 0 aliphatic carbocycles. The molecule has 3 fully saturated rings. The van der Waals surface area contributed by atoms with E-state index in [4.69, 9.17) is 4.74 Å². The number of nitrogens with one attached hydrogen (secondary N) is 2. The van der Waals surface area contributed by atoms with Crippen LogP contribution in [0.5, 0.6) is 0 Å². The maximum atomic E-state index is 5.22. The minimum Gasteiger partial charge on any atom is -0.383 e. The highest BCUT2D eigenvalue weighted by Gasteiger charge is 2.39. The number of piperidine rings is 3. The van der Waals surface area contributed by atoms with Gasteiger partial charge in [0.25, 0.3) is 0 Å². The van der Waals surface area contributed by atoms with E-state index in [1.807, 2.05) is 7.05 Å². The Morgan fingerprint density at radius 2 is 1.72 bits per heavy atom. The molecule has 3 aliphatic heterocycles. The number of nitrogens with zero attached hydrogens (tertiary/aromatic N) is 4. The lowest BCUT2D eigenvalue weighted by Gasteiger charge is -2.50. The summed E-state index contributed by atoms with van der Waals surface area (Å²) in [4.78, 5) is 12.3. The van der Waals surface area contributed by atoms with Gasteiger partial charge >= 0.3 is 0 Å². The largest absolute Gasteiger partial charge is 0.383 e. The first kappa shape index (κ1) is 22.8. The third-order valence-corrected chi connectivity index (χ3v) is 7.29. The fraction of sp³-hybridized carbons (Fsp3) is 0.955. The van der Waals surface area contributed by atoms with Crippen molar-refractivity contribution >= 4 is 5.96 Å². The van der Waals surface area contributed by atoms with E-state index in [9.17, 15) is 0 Å². The van der Waals surface area contributed by atoms with Crippen LogP contribution in [-0.4, -0.2) is 112 Å². The monoisotopic (exact) mass is 408 g/mol. The smallest absolute Gasteiger partial charge is 0.191 e. The van der Waals surface area contributed by atoms with E-state index >= 15 is 0 Å². The standard InChI is InChI=1S/C22H44N6O/c1-23-21(25-20-7-13-27(14-8-20)17-18-29-3)24-19-22(9-15-26(2)16-10-22)28-11-5-4-6-12-28/h20H,4-19H2,1-3H3,(H2,23,24,25). The third kappa shape index (κ3) is 6.54. The van der Waals surface area contributed by atoms with E-state index in [1.165, 1.54) is 71.1 Å². The van der Waals surface area contributed by atoms with Gasteiger partial charge in [-0.25, -0.2) is 0 Å². The Morgan fingerprint density at radius 3 is 2.34 bits per heavy atom. The number of ether oxygens (including phenoxy) is 1. The molecule has 0 aromatic heterocycles. The number of likely N-dealkylation sites (tertiary alicyclic amines) is 3. The van der Waals surface area contributed by atoms with Gasteiger partial charge in [0.05, 0.1) is 6.61 Å².